The van der Waals surface area contributed by atoms with E-state index in [4.69, 9.17) is 11.6 Å². The minimum absolute atomic E-state index is 0.254. The summed E-state index contributed by atoms with van der Waals surface area (Å²) >= 11 is 6.01. The number of fused-ring (bicyclic) bond motifs is 1. The van der Waals surface area contributed by atoms with Gasteiger partial charge in [-0.2, -0.15) is 0 Å². The highest BCUT2D eigenvalue weighted by molar-refractivity contribution is 7.90. The van der Waals surface area contributed by atoms with Gasteiger partial charge in [0.05, 0.1) is 4.90 Å². The Balaban J connectivity index is 1.91. The number of anilines is 2. The van der Waals surface area contributed by atoms with E-state index in [1.165, 1.54) is 12.1 Å². The molecule has 0 aliphatic rings. The number of pyridine rings is 1. The van der Waals surface area contributed by atoms with Crippen LogP contribution in [0.1, 0.15) is 0 Å². The highest BCUT2D eigenvalue weighted by Crippen LogP contribution is 2.21. The molecule has 0 radical (unpaired) electrons. The van der Waals surface area contributed by atoms with E-state index >= 15 is 0 Å². The maximum Gasteiger partial charge on any atom is 0.227 e. The third-order valence-electron chi connectivity index (χ3n) is 2.99. The first-order chi connectivity index (χ1) is 10.4. The van der Waals surface area contributed by atoms with Crippen LogP contribution in [-0.2, 0) is 9.84 Å². The maximum atomic E-state index is 11.4. The number of rotatable bonds is 3. The van der Waals surface area contributed by atoms with Gasteiger partial charge in [0.1, 0.15) is 5.52 Å². The summed E-state index contributed by atoms with van der Waals surface area (Å²) in [5.41, 5.74) is 1.22. The molecule has 0 fully saturated rings. The fraction of sp³-hybridized carbons (Fsp3) is 0.0714. The zero-order valence-corrected chi connectivity index (χ0v) is 13.1. The molecular weight excluding hydrogens is 324 g/mol. The van der Waals surface area contributed by atoms with Gasteiger partial charge in [0.25, 0.3) is 0 Å². The molecule has 0 atom stereocenters. The quantitative estimate of drug-likeness (QED) is 0.741. The summed E-state index contributed by atoms with van der Waals surface area (Å²) in [5.74, 6) is 0.356. The first-order valence-corrected chi connectivity index (χ1v) is 8.55. The summed E-state index contributed by atoms with van der Waals surface area (Å²) in [5, 5.41) is 4.09. The number of hydrogen-bond donors (Lipinski definition) is 1. The smallest absolute Gasteiger partial charge is 0.227 e. The van der Waals surface area contributed by atoms with Crippen LogP contribution in [0.15, 0.2) is 47.6 Å². The summed E-state index contributed by atoms with van der Waals surface area (Å²) in [6, 6.07) is 8.11. The second-order valence-electron chi connectivity index (χ2n) is 4.65. The largest absolute Gasteiger partial charge is 0.324 e. The van der Waals surface area contributed by atoms with Gasteiger partial charge in [-0.1, -0.05) is 11.6 Å². The molecule has 1 aromatic carbocycles. The summed E-state index contributed by atoms with van der Waals surface area (Å²) in [6.07, 6.45) is 4.39. The molecule has 6 nitrogen and oxygen atoms in total. The minimum Gasteiger partial charge on any atom is -0.324 e. The van der Waals surface area contributed by atoms with Crippen LogP contribution in [0.4, 0.5) is 11.6 Å². The van der Waals surface area contributed by atoms with Gasteiger partial charge in [0.2, 0.25) is 5.95 Å². The molecule has 0 spiro atoms. The van der Waals surface area contributed by atoms with Crippen molar-refractivity contribution in [3.63, 3.8) is 0 Å². The van der Waals surface area contributed by atoms with Crippen LogP contribution >= 0.6 is 11.6 Å². The normalized spacial score (nSPS) is 11.5. The average Bonchev–Trinajstić information content (AvgIpc) is 2.48. The molecule has 3 rings (SSSR count). The van der Waals surface area contributed by atoms with Crippen molar-refractivity contribution in [2.45, 2.75) is 4.90 Å². The van der Waals surface area contributed by atoms with Crippen LogP contribution in [0.5, 0.6) is 0 Å². The molecule has 112 valence electrons. The van der Waals surface area contributed by atoms with Crippen molar-refractivity contribution >= 4 is 44.0 Å². The molecule has 22 heavy (non-hydrogen) atoms. The maximum absolute atomic E-state index is 11.4. The van der Waals surface area contributed by atoms with E-state index in [-0.39, 0.29) is 4.90 Å². The third-order valence-corrected chi connectivity index (χ3v) is 4.40. The van der Waals surface area contributed by atoms with Gasteiger partial charge < -0.3 is 5.32 Å². The van der Waals surface area contributed by atoms with E-state index in [9.17, 15) is 8.42 Å². The van der Waals surface area contributed by atoms with Crippen LogP contribution in [0.2, 0.25) is 5.15 Å². The second-order valence-corrected chi connectivity index (χ2v) is 7.03. The Hall–Kier alpha value is -2.25. The summed E-state index contributed by atoms with van der Waals surface area (Å²) in [7, 11) is -3.21. The molecule has 0 bridgehead atoms. The van der Waals surface area contributed by atoms with E-state index in [1.54, 1.807) is 30.6 Å². The summed E-state index contributed by atoms with van der Waals surface area (Å²) in [6.45, 7) is 0. The van der Waals surface area contributed by atoms with Crippen molar-refractivity contribution in [1.82, 2.24) is 15.0 Å². The Morgan fingerprint density at radius 2 is 1.82 bits per heavy atom. The second kappa shape index (κ2) is 5.51. The molecule has 0 unspecified atom stereocenters. The monoisotopic (exact) mass is 334 g/mol. The van der Waals surface area contributed by atoms with E-state index in [0.29, 0.717) is 22.3 Å². The van der Waals surface area contributed by atoms with E-state index in [0.717, 1.165) is 11.6 Å². The van der Waals surface area contributed by atoms with Gasteiger partial charge in [-0.05, 0) is 30.3 Å². The molecule has 0 saturated carbocycles. The van der Waals surface area contributed by atoms with Crippen molar-refractivity contribution in [1.29, 1.82) is 0 Å². The molecular formula is C14H11ClN4O2S. The molecule has 0 saturated heterocycles. The number of hydrogen-bond acceptors (Lipinski definition) is 6. The Morgan fingerprint density at radius 1 is 1.09 bits per heavy atom. The average molecular weight is 335 g/mol. The van der Waals surface area contributed by atoms with Gasteiger partial charge in [-0.25, -0.2) is 23.4 Å². The van der Waals surface area contributed by atoms with Crippen LogP contribution in [-0.4, -0.2) is 29.6 Å². The van der Waals surface area contributed by atoms with Crippen molar-refractivity contribution in [2.24, 2.45) is 0 Å². The molecule has 0 amide bonds. The lowest BCUT2D eigenvalue weighted by molar-refractivity contribution is 0.602. The predicted octanol–water partition coefficient (Wildman–Crippen LogP) is 2.83. The fourth-order valence-corrected chi connectivity index (χ4v) is 2.74. The van der Waals surface area contributed by atoms with Crippen LogP contribution in [0.3, 0.4) is 0 Å². The van der Waals surface area contributed by atoms with Crippen molar-refractivity contribution in [3.8, 4) is 0 Å². The third kappa shape index (κ3) is 3.00. The highest BCUT2D eigenvalue weighted by atomic mass is 35.5. The Bertz CT molecular complexity index is 943. The minimum atomic E-state index is -3.21. The Kier molecular flexibility index (Phi) is 3.67. The van der Waals surface area contributed by atoms with Gasteiger partial charge in [0.15, 0.2) is 15.0 Å². The molecule has 3 aromatic rings. The van der Waals surface area contributed by atoms with E-state index in [2.05, 4.69) is 20.3 Å². The summed E-state index contributed by atoms with van der Waals surface area (Å²) in [4.78, 5) is 12.7. The molecule has 2 aromatic heterocycles. The zero-order chi connectivity index (χ0) is 15.7. The molecule has 8 heteroatoms. The van der Waals surface area contributed by atoms with Gasteiger partial charge in [-0.3, -0.25) is 0 Å². The Labute approximate surface area is 132 Å². The highest BCUT2D eigenvalue weighted by Gasteiger charge is 2.08. The lowest BCUT2D eigenvalue weighted by atomic mass is 10.3. The van der Waals surface area contributed by atoms with Crippen LogP contribution in [0.25, 0.3) is 10.9 Å². The topological polar surface area (TPSA) is 84.8 Å². The number of halogens is 1. The SMILES string of the molecule is CS(=O)(=O)c1ccc(Nc2ncc3ccnc(Cl)c3n2)cc1. The van der Waals surface area contributed by atoms with Gasteiger partial charge >= 0.3 is 0 Å². The van der Waals surface area contributed by atoms with Crippen molar-refractivity contribution in [2.75, 3.05) is 11.6 Å². The lowest BCUT2D eigenvalue weighted by Crippen LogP contribution is -1.99. The Morgan fingerprint density at radius 3 is 2.50 bits per heavy atom. The van der Waals surface area contributed by atoms with Crippen molar-refractivity contribution in [3.05, 3.63) is 47.9 Å². The number of nitrogens with zero attached hydrogens (tertiary/aromatic N) is 3. The van der Waals surface area contributed by atoms with Gasteiger partial charge in [0, 0.05) is 29.7 Å². The first kappa shape index (κ1) is 14.7. The molecule has 2 heterocycles. The number of benzene rings is 1. The molecule has 1 N–H and O–H groups in total. The number of aromatic nitrogens is 3. The lowest BCUT2D eigenvalue weighted by Gasteiger charge is -2.07. The molecule has 0 aliphatic heterocycles. The first-order valence-electron chi connectivity index (χ1n) is 6.28. The standard InChI is InChI=1S/C14H11ClN4O2S/c1-22(20,21)11-4-2-10(3-5-11)18-14-17-8-9-6-7-16-13(15)12(9)19-14/h2-8H,1H3,(H,17,18,19). The summed E-state index contributed by atoms with van der Waals surface area (Å²) < 4.78 is 22.8. The van der Waals surface area contributed by atoms with Crippen LogP contribution in [0, 0.1) is 0 Å². The van der Waals surface area contributed by atoms with Crippen LogP contribution < -0.4 is 5.32 Å². The fourth-order valence-electron chi connectivity index (χ4n) is 1.90. The predicted molar refractivity (Wildman–Crippen MR) is 85.2 cm³/mol. The number of sulfone groups is 1. The van der Waals surface area contributed by atoms with Gasteiger partial charge in [-0.15, -0.1) is 0 Å². The molecule has 0 aliphatic carbocycles. The van der Waals surface area contributed by atoms with E-state index < -0.39 is 9.84 Å². The van der Waals surface area contributed by atoms with Crippen molar-refractivity contribution < 1.29 is 8.42 Å². The number of nitrogens with one attached hydrogen (secondary N) is 1. The zero-order valence-electron chi connectivity index (χ0n) is 11.5. The van der Waals surface area contributed by atoms with E-state index in [1.807, 2.05) is 0 Å².